The summed E-state index contributed by atoms with van der Waals surface area (Å²) >= 11 is 0. The van der Waals surface area contributed by atoms with Crippen molar-refractivity contribution in [1.29, 1.82) is 0 Å². The summed E-state index contributed by atoms with van der Waals surface area (Å²) in [6.07, 6.45) is 1.22. The van der Waals surface area contributed by atoms with Crippen molar-refractivity contribution in [3.8, 4) is 0 Å². The smallest absolute Gasteiger partial charge is 0.179 e. The van der Waals surface area contributed by atoms with Gasteiger partial charge in [-0.1, -0.05) is 45.0 Å². The van der Waals surface area contributed by atoms with E-state index in [-0.39, 0.29) is 0 Å². The van der Waals surface area contributed by atoms with Crippen molar-refractivity contribution in [2.75, 3.05) is 6.54 Å². The summed E-state index contributed by atoms with van der Waals surface area (Å²) in [4.78, 5) is 3.41. The topological polar surface area (TPSA) is 12.0 Å². The minimum absolute atomic E-state index is 0.678. The van der Waals surface area contributed by atoms with E-state index in [1.54, 1.807) is 0 Å². The lowest BCUT2D eigenvalue weighted by atomic mass is 9.99. The summed E-state index contributed by atoms with van der Waals surface area (Å²) in [5.74, 6) is 0.678. The number of hydrogen-bond donors (Lipinski definition) is 1. The molecule has 2 radical (unpaired) electrons. The first kappa shape index (κ1) is 11.5. The van der Waals surface area contributed by atoms with Gasteiger partial charge in [0.25, 0.3) is 0 Å². The van der Waals surface area contributed by atoms with Crippen LogP contribution in [-0.2, 0) is 0 Å². The third kappa shape index (κ3) is 2.96. The molecule has 2 heteroatoms. The number of rotatable bonds is 5. The van der Waals surface area contributed by atoms with E-state index in [9.17, 15) is 0 Å². The van der Waals surface area contributed by atoms with Gasteiger partial charge < -0.3 is 4.98 Å². The normalized spacial score (nSPS) is 12.8. The molecule has 1 nitrogen and oxygen atoms in total. The van der Waals surface area contributed by atoms with Crippen molar-refractivity contribution in [2.24, 2.45) is 0 Å². The molecule has 1 N–H and O–H groups in total. The van der Waals surface area contributed by atoms with E-state index in [2.05, 4.69) is 50.0 Å². The van der Waals surface area contributed by atoms with Crippen LogP contribution in [0.25, 0.3) is 0 Å². The van der Waals surface area contributed by atoms with E-state index in [0.717, 1.165) is 16.2 Å². The van der Waals surface area contributed by atoms with E-state index in [4.69, 9.17) is 0 Å². The molecule has 0 saturated heterocycles. The maximum Gasteiger partial charge on any atom is 0.179 e. The average molecular weight is 205 g/mol. The van der Waals surface area contributed by atoms with Crippen LogP contribution < -0.4 is 10.2 Å². The number of nitrogens with one attached hydrogen (secondary N) is 1. The molecule has 0 spiro atoms. The molecule has 0 fully saturated rings. The molecular formula is C12H19NSi. The molecule has 0 heterocycles. The Bertz CT molecular complexity index is 273. The fraction of sp³-hybridized carbons (Fsp3) is 0.500. The first-order valence-electron chi connectivity index (χ1n) is 5.37. The Hall–Kier alpha value is -0.603. The van der Waals surface area contributed by atoms with Crippen LogP contribution in [0.2, 0.25) is 0 Å². The van der Waals surface area contributed by atoms with Gasteiger partial charge >= 0.3 is 0 Å². The molecule has 14 heavy (non-hydrogen) atoms. The molecule has 1 unspecified atom stereocenters. The van der Waals surface area contributed by atoms with Crippen LogP contribution in [0.5, 0.6) is 0 Å². The van der Waals surface area contributed by atoms with Gasteiger partial charge in [-0.05, 0) is 29.6 Å². The quantitative estimate of drug-likeness (QED) is 0.726. The molecule has 0 saturated carbocycles. The highest BCUT2D eigenvalue weighted by atomic mass is 28.2. The Morgan fingerprint density at radius 3 is 2.64 bits per heavy atom. The van der Waals surface area contributed by atoms with Crippen molar-refractivity contribution >= 4 is 14.9 Å². The van der Waals surface area contributed by atoms with Crippen molar-refractivity contribution in [3.63, 3.8) is 0 Å². The molecule has 0 bridgehead atoms. The van der Waals surface area contributed by atoms with Crippen molar-refractivity contribution < 1.29 is 0 Å². The lowest BCUT2D eigenvalue weighted by Crippen LogP contribution is -2.33. The zero-order valence-corrected chi connectivity index (χ0v) is 10.3. The van der Waals surface area contributed by atoms with Crippen LogP contribution in [0.3, 0.4) is 0 Å². The third-order valence-corrected chi connectivity index (χ3v) is 3.76. The van der Waals surface area contributed by atoms with E-state index >= 15 is 0 Å². The molecule has 0 amide bonds. The Balaban J connectivity index is 2.79. The van der Waals surface area contributed by atoms with Crippen molar-refractivity contribution in [1.82, 2.24) is 4.98 Å². The second-order valence-electron chi connectivity index (χ2n) is 3.55. The minimum atomic E-state index is 0.678. The van der Waals surface area contributed by atoms with E-state index in [1.165, 1.54) is 17.2 Å². The molecule has 1 aromatic rings. The largest absolute Gasteiger partial charge is 0.336 e. The molecule has 76 valence electrons. The van der Waals surface area contributed by atoms with Crippen LogP contribution >= 0.6 is 0 Å². The summed E-state index contributed by atoms with van der Waals surface area (Å²) in [5, 5.41) is 1.48. The predicted molar refractivity (Wildman–Crippen MR) is 64.2 cm³/mol. The van der Waals surface area contributed by atoms with Gasteiger partial charge in [-0.2, -0.15) is 0 Å². The first-order valence-corrected chi connectivity index (χ1v) is 6.37. The second-order valence-corrected chi connectivity index (χ2v) is 4.69. The molecule has 0 aliphatic heterocycles. The van der Waals surface area contributed by atoms with Gasteiger partial charge in [-0.3, -0.25) is 0 Å². The maximum absolute atomic E-state index is 3.41. The maximum atomic E-state index is 3.41. The molecular weight excluding hydrogens is 186 g/mol. The van der Waals surface area contributed by atoms with Gasteiger partial charge in [0.2, 0.25) is 0 Å². The highest BCUT2D eigenvalue weighted by Crippen LogP contribution is 2.15. The van der Waals surface area contributed by atoms with E-state index in [1.807, 2.05) is 0 Å². The fourth-order valence-corrected chi connectivity index (χ4v) is 2.46. The Kier molecular flexibility index (Phi) is 4.91. The van der Waals surface area contributed by atoms with Gasteiger partial charge in [0.05, 0.1) is 0 Å². The molecule has 1 rings (SSSR count). The summed E-state index contributed by atoms with van der Waals surface area (Å²) in [6.45, 7) is 7.75. The minimum Gasteiger partial charge on any atom is -0.336 e. The highest BCUT2D eigenvalue weighted by Gasteiger charge is 2.07. The Morgan fingerprint density at radius 2 is 2.00 bits per heavy atom. The van der Waals surface area contributed by atoms with E-state index < -0.39 is 0 Å². The summed E-state index contributed by atoms with van der Waals surface area (Å²) in [7, 11) is 0.749. The molecule has 0 aromatic heterocycles. The average Bonchev–Trinajstić information content (AvgIpc) is 2.25. The number of benzene rings is 1. The van der Waals surface area contributed by atoms with E-state index in [0.29, 0.717) is 5.92 Å². The Morgan fingerprint density at radius 1 is 1.29 bits per heavy atom. The standard InChI is InChI=1S/C12H19NSi/c1-4-10(3)11-8-6-7-9-12(11)14-13-5-2/h6-10,13H,4-5H2,1-3H3. The van der Waals surface area contributed by atoms with Gasteiger partial charge in [0.15, 0.2) is 9.68 Å². The first-order chi connectivity index (χ1) is 6.79. The molecule has 1 aromatic carbocycles. The predicted octanol–water partition coefficient (Wildman–Crippen LogP) is 2.05. The highest BCUT2D eigenvalue weighted by molar-refractivity contribution is 6.51. The molecule has 1 atom stereocenters. The zero-order chi connectivity index (χ0) is 10.4. The van der Waals surface area contributed by atoms with Gasteiger partial charge in [-0.25, -0.2) is 0 Å². The Labute approximate surface area is 89.8 Å². The lowest BCUT2D eigenvalue weighted by Gasteiger charge is -2.14. The molecule has 0 aliphatic rings. The lowest BCUT2D eigenvalue weighted by molar-refractivity contribution is 0.737. The van der Waals surface area contributed by atoms with Crippen LogP contribution in [0.4, 0.5) is 0 Å². The van der Waals surface area contributed by atoms with Gasteiger partial charge in [0.1, 0.15) is 0 Å². The van der Waals surface area contributed by atoms with Gasteiger partial charge in [-0.15, -0.1) is 0 Å². The third-order valence-electron chi connectivity index (χ3n) is 2.50. The van der Waals surface area contributed by atoms with Crippen molar-refractivity contribution in [3.05, 3.63) is 29.8 Å². The zero-order valence-electron chi connectivity index (χ0n) is 9.30. The fourth-order valence-electron chi connectivity index (χ4n) is 1.44. The number of hydrogen-bond acceptors (Lipinski definition) is 1. The van der Waals surface area contributed by atoms with Crippen molar-refractivity contribution in [2.45, 2.75) is 33.1 Å². The second kappa shape index (κ2) is 5.99. The van der Waals surface area contributed by atoms with Gasteiger partial charge in [0, 0.05) is 0 Å². The summed E-state index contributed by atoms with van der Waals surface area (Å²) in [5.41, 5.74) is 1.51. The summed E-state index contributed by atoms with van der Waals surface area (Å²) < 4.78 is 0. The van der Waals surface area contributed by atoms with Crippen LogP contribution in [-0.4, -0.2) is 16.2 Å². The SMILES string of the molecule is CCN[Si]c1ccccc1C(C)CC. The monoisotopic (exact) mass is 205 g/mol. The molecule has 0 aliphatic carbocycles. The van der Waals surface area contributed by atoms with Crippen LogP contribution in [0, 0.1) is 0 Å². The summed E-state index contributed by atoms with van der Waals surface area (Å²) in [6, 6.07) is 8.77. The van der Waals surface area contributed by atoms with Crippen LogP contribution in [0.15, 0.2) is 24.3 Å². The van der Waals surface area contributed by atoms with Crippen LogP contribution in [0.1, 0.15) is 38.7 Å².